The lowest BCUT2D eigenvalue weighted by Gasteiger charge is -2.39. The van der Waals surface area contributed by atoms with E-state index in [1.807, 2.05) is 43.7 Å². The average molecular weight is 456 g/mol. The summed E-state index contributed by atoms with van der Waals surface area (Å²) in [5.41, 5.74) is 2.19. The number of rotatable bonds is 7. The molecule has 0 amide bonds. The van der Waals surface area contributed by atoms with Gasteiger partial charge in [-0.1, -0.05) is 48.3 Å². The van der Waals surface area contributed by atoms with E-state index < -0.39 is 0 Å². The number of benzene rings is 1. The summed E-state index contributed by atoms with van der Waals surface area (Å²) in [5.74, 6) is 0.969. The Morgan fingerprint density at radius 2 is 1.97 bits per heavy atom. The Labute approximate surface area is 194 Å². The molecule has 1 aliphatic carbocycles. The number of aromatic nitrogens is 2. The van der Waals surface area contributed by atoms with Crippen LogP contribution in [0.2, 0.25) is 5.02 Å². The lowest BCUT2D eigenvalue weighted by Crippen LogP contribution is -2.39. The second kappa shape index (κ2) is 10.0. The predicted octanol–water partition coefficient (Wildman–Crippen LogP) is 6.04. The van der Waals surface area contributed by atoms with Gasteiger partial charge in [0.1, 0.15) is 10.8 Å². The van der Waals surface area contributed by atoms with Crippen LogP contribution < -0.4 is 10.2 Å². The number of allylic oxidation sites excluding steroid dienone is 1. The van der Waals surface area contributed by atoms with Crippen LogP contribution in [-0.4, -0.2) is 35.8 Å². The molecule has 1 aliphatic heterocycles. The van der Waals surface area contributed by atoms with Crippen LogP contribution in [0.15, 0.2) is 46.7 Å². The number of nitrogens with zero attached hydrogens (tertiary/aromatic N) is 3. The van der Waals surface area contributed by atoms with Gasteiger partial charge in [-0.2, -0.15) is 0 Å². The Morgan fingerprint density at radius 1 is 1.19 bits per heavy atom. The summed E-state index contributed by atoms with van der Waals surface area (Å²) in [4.78, 5) is 12.6. The molecular formula is C24H30ClN5S. The van der Waals surface area contributed by atoms with Crippen molar-refractivity contribution in [3.63, 3.8) is 0 Å². The Balaban J connectivity index is 1.44. The van der Waals surface area contributed by atoms with Gasteiger partial charge in [0.15, 0.2) is 0 Å². The summed E-state index contributed by atoms with van der Waals surface area (Å²) in [6.07, 6.45) is 15.1. The summed E-state index contributed by atoms with van der Waals surface area (Å²) >= 11 is 8.18. The van der Waals surface area contributed by atoms with Crippen molar-refractivity contribution in [3.8, 4) is 0 Å². The molecule has 1 saturated carbocycles. The normalized spacial score (nSPS) is 18.4. The van der Waals surface area contributed by atoms with E-state index in [-0.39, 0.29) is 0 Å². The van der Waals surface area contributed by atoms with E-state index in [0.29, 0.717) is 10.4 Å². The minimum atomic E-state index is 0.609. The minimum Gasteiger partial charge on any atom is -0.391 e. The molecule has 2 N–H and O–H groups in total. The van der Waals surface area contributed by atoms with Crippen LogP contribution in [0.3, 0.4) is 0 Å². The third kappa shape index (κ3) is 5.07. The molecule has 2 aliphatic rings. The molecule has 1 saturated heterocycles. The molecule has 0 unspecified atom stereocenters. The summed E-state index contributed by atoms with van der Waals surface area (Å²) in [7, 11) is 0. The van der Waals surface area contributed by atoms with Crippen molar-refractivity contribution in [2.24, 2.45) is 5.41 Å². The number of piperidine rings is 1. The van der Waals surface area contributed by atoms with Crippen molar-refractivity contribution in [1.29, 1.82) is 5.41 Å². The monoisotopic (exact) mass is 455 g/mol. The largest absolute Gasteiger partial charge is 0.391 e. The molecule has 0 radical (unpaired) electrons. The highest BCUT2D eigenvalue weighted by Gasteiger charge is 2.37. The number of hydrogen-bond acceptors (Lipinski definition) is 6. The molecule has 1 aromatic carbocycles. The van der Waals surface area contributed by atoms with Gasteiger partial charge in [0.05, 0.1) is 17.4 Å². The van der Waals surface area contributed by atoms with Crippen molar-refractivity contribution >= 4 is 41.0 Å². The lowest BCUT2D eigenvalue weighted by molar-refractivity contribution is 0.226. The SMILES string of the molecule is CCN/C=C(\C=N)c1cccc(Sc2cnc(N3CCC4(CCCC4)CC3)cn2)c1Cl. The molecule has 31 heavy (non-hydrogen) atoms. The van der Waals surface area contributed by atoms with E-state index >= 15 is 0 Å². The van der Waals surface area contributed by atoms with Gasteiger partial charge < -0.3 is 15.6 Å². The van der Waals surface area contributed by atoms with Crippen molar-refractivity contribution in [3.05, 3.63) is 47.4 Å². The van der Waals surface area contributed by atoms with Crippen LogP contribution in [0.4, 0.5) is 5.82 Å². The standard InChI is InChI=1S/C24H30ClN5S/c1-2-27-15-18(14-26)19-6-5-7-20(23(19)25)31-22-17-28-21(16-29-22)30-12-10-24(11-13-30)8-3-4-9-24/h5-7,14-17,26-27H,2-4,8-13H2,1H3/b18-15+,26-14?. The van der Waals surface area contributed by atoms with Gasteiger partial charge in [-0.15, -0.1) is 0 Å². The third-order valence-electron chi connectivity index (χ3n) is 6.53. The molecule has 1 spiro atoms. The molecule has 5 nitrogen and oxygen atoms in total. The first-order chi connectivity index (χ1) is 15.1. The number of hydrogen-bond donors (Lipinski definition) is 2. The second-order valence-electron chi connectivity index (χ2n) is 8.43. The molecule has 164 valence electrons. The van der Waals surface area contributed by atoms with Gasteiger partial charge in [0, 0.05) is 48.1 Å². The minimum absolute atomic E-state index is 0.609. The molecule has 1 aromatic heterocycles. The fourth-order valence-electron chi connectivity index (χ4n) is 4.69. The highest BCUT2D eigenvalue weighted by atomic mass is 35.5. The summed E-state index contributed by atoms with van der Waals surface area (Å²) < 4.78 is 0. The molecule has 7 heteroatoms. The predicted molar refractivity (Wildman–Crippen MR) is 130 cm³/mol. The Kier molecular flexibility index (Phi) is 7.18. The van der Waals surface area contributed by atoms with Crippen LogP contribution in [0.5, 0.6) is 0 Å². The fraction of sp³-hybridized carbons (Fsp3) is 0.458. The van der Waals surface area contributed by atoms with Crippen LogP contribution in [0, 0.1) is 10.8 Å². The second-order valence-corrected chi connectivity index (χ2v) is 9.87. The van der Waals surface area contributed by atoms with E-state index in [1.54, 1.807) is 0 Å². The molecule has 2 aromatic rings. The van der Waals surface area contributed by atoms with E-state index in [4.69, 9.17) is 22.0 Å². The maximum Gasteiger partial charge on any atom is 0.147 e. The molecular weight excluding hydrogens is 426 g/mol. The van der Waals surface area contributed by atoms with Gasteiger partial charge >= 0.3 is 0 Å². The molecule has 0 bridgehead atoms. The van der Waals surface area contributed by atoms with Crippen molar-refractivity contribution in [2.45, 2.75) is 55.4 Å². The van der Waals surface area contributed by atoms with Gasteiger partial charge in [0.2, 0.25) is 0 Å². The first kappa shape index (κ1) is 22.2. The van der Waals surface area contributed by atoms with Gasteiger partial charge in [0.25, 0.3) is 0 Å². The van der Waals surface area contributed by atoms with Crippen LogP contribution >= 0.6 is 23.4 Å². The van der Waals surface area contributed by atoms with Crippen molar-refractivity contribution in [2.75, 3.05) is 24.5 Å². The third-order valence-corrected chi connectivity index (χ3v) is 8.03. The number of anilines is 1. The zero-order valence-corrected chi connectivity index (χ0v) is 19.6. The van der Waals surface area contributed by atoms with Gasteiger partial charge in [-0.05, 0) is 44.1 Å². The average Bonchev–Trinajstić information content (AvgIpc) is 3.25. The molecule has 4 rings (SSSR count). The highest BCUT2D eigenvalue weighted by Crippen LogP contribution is 2.46. The Morgan fingerprint density at radius 3 is 2.61 bits per heavy atom. The van der Waals surface area contributed by atoms with E-state index in [9.17, 15) is 0 Å². The number of nitrogens with one attached hydrogen (secondary N) is 2. The quantitative estimate of drug-likeness (QED) is 0.498. The maximum absolute atomic E-state index is 7.71. The summed E-state index contributed by atoms with van der Waals surface area (Å²) in [5, 5.41) is 12.3. The zero-order valence-electron chi connectivity index (χ0n) is 18.0. The Bertz CT molecular complexity index is 927. The number of halogens is 1. The van der Waals surface area contributed by atoms with E-state index in [1.165, 1.54) is 56.5 Å². The van der Waals surface area contributed by atoms with Crippen molar-refractivity contribution in [1.82, 2.24) is 15.3 Å². The first-order valence-electron chi connectivity index (χ1n) is 11.1. The molecule has 2 fully saturated rings. The lowest BCUT2D eigenvalue weighted by atomic mass is 9.77. The fourth-order valence-corrected chi connectivity index (χ4v) is 5.83. The van der Waals surface area contributed by atoms with Crippen LogP contribution in [-0.2, 0) is 0 Å². The van der Waals surface area contributed by atoms with E-state index in [0.717, 1.165) is 46.5 Å². The topological polar surface area (TPSA) is 64.9 Å². The zero-order chi connectivity index (χ0) is 21.7. The smallest absolute Gasteiger partial charge is 0.147 e. The first-order valence-corrected chi connectivity index (χ1v) is 12.3. The summed E-state index contributed by atoms with van der Waals surface area (Å²) in [6, 6.07) is 5.87. The molecule has 2 heterocycles. The highest BCUT2D eigenvalue weighted by molar-refractivity contribution is 7.99. The van der Waals surface area contributed by atoms with Crippen LogP contribution in [0.25, 0.3) is 5.57 Å². The Hall–Kier alpha value is -2.05. The summed E-state index contributed by atoms with van der Waals surface area (Å²) in [6.45, 7) is 4.98. The maximum atomic E-state index is 7.71. The van der Waals surface area contributed by atoms with Gasteiger partial charge in [-0.25, -0.2) is 9.97 Å². The van der Waals surface area contributed by atoms with Crippen LogP contribution in [0.1, 0.15) is 51.0 Å². The van der Waals surface area contributed by atoms with Crippen molar-refractivity contribution < 1.29 is 0 Å². The van der Waals surface area contributed by atoms with Gasteiger partial charge in [-0.3, -0.25) is 0 Å². The molecule has 0 atom stereocenters. The van der Waals surface area contributed by atoms with E-state index in [2.05, 4.69) is 15.2 Å².